The predicted octanol–water partition coefficient (Wildman–Crippen LogP) is 1.88. The molecule has 0 heterocycles. The number of rotatable bonds is 5. The van der Waals surface area contributed by atoms with Gasteiger partial charge in [-0.2, -0.15) is 0 Å². The highest BCUT2D eigenvalue weighted by atomic mass is 16.4. The van der Waals surface area contributed by atoms with Crippen LogP contribution in [0.4, 0.5) is 0 Å². The van der Waals surface area contributed by atoms with Gasteiger partial charge in [-0.1, -0.05) is 25.0 Å². The van der Waals surface area contributed by atoms with Crippen LogP contribution in [0, 0.1) is 0 Å². The van der Waals surface area contributed by atoms with E-state index in [1.807, 2.05) is 12.1 Å². The normalized spacial score (nSPS) is 16.7. The van der Waals surface area contributed by atoms with E-state index in [9.17, 15) is 14.7 Å². The highest BCUT2D eigenvalue weighted by Crippen LogP contribution is 2.30. The van der Waals surface area contributed by atoms with Crippen molar-refractivity contribution >= 4 is 11.9 Å². The van der Waals surface area contributed by atoms with Crippen LogP contribution in [0.2, 0.25) is 0 Å². The van der Waals surface area contributed by atoms with Crippen molar-refractivity contribution in [3.05, 3.63) is 35.4 Å². The molecule has 0 radical (unpaired) electrons. The van der Waals surface area contributed by atoms with Crippen LogP contribution in [-0.2, 0) is 11.3 Å². The average Bonchev–Trinajstić information content (AvgIpc) is 2.95. The zero-order chi connectivity index (χ0) is 15.5. The van der Waals surface area contributed by atoms with Crippen molar-refractivity contribution in [2.75, 3.05) is 14.1 Å². The van der Waals surface area contributed by atoms with Crippen molar-refractivity contribution in [2.45, 2.75) is 37.8 Å². The van der Waals surface area contributed by atoms with E-state index < -0.39 is 11.5 Å². The third-order valence-electron chi connectivity index (χ3n) is 4.10. The van der Waals surface area contributed by atoms with Gasteiger partial charge < -0.3 is 10.0 Å². The number of hydrogen-bond acceptors (Lipinski definition) is 3. The maximum atomic E-state index is 11.8. The van der Waals surface area contributed by atoms with E-state index in [4.69, 9.17) is 0 Å². The van der Waals surface area contributed by atoms with Gasteiger partial charge in [0.25, 0.3) is 5.91 Å². The number of hydrogen-bond donors (Lipinski definition) is 2. The number of carbonyl (C=O) groups excluding carboxylic acids is 1. The van der Waals surface area contributed by atoms with Crippen LogP contribution >= 0.6 is 0 Å². The molecular formula is C16H22N2O3. The van der Waals surface area contributed by atoms with Crippen molar-refractivity contribution in [1.82, 2.24) is 10.2 Å². The highest BCUT2D eigenvalue weighted by Gasteiger charge is 2.40. The molecule has 0 spiro atoms. The average molecular weight is 290 g/mol. The van der Waals surface area contributed by atoms with Crippen LogP contribution in [0.25, 0.3) is 0 Å². The number of nitrogens with zero attached hydrogens (tertiary/aromatic N) is 1. The van der Waals surface area contributed by atoms with Gasteiger partial charge >= 0.3 is 5.97 Å². The van der Waals surface area contributed by atoms with E-state index in [1.54, 1.807) is 26.2 Å². The van der Waals surface area contributed by atoms with Crippen LogP contribution in [0.1, 0.15) is 41.6 Å². The monoisotopic (exact) mass is 290 g/mol. The maximum Gasteiger partial charge on any atom is 0.323 e. The molecule has 0 aliphatic heterocycles. The Kier molecular flexibility index (Phi) is 4.63. The first kappa shape index (κ1) is 15.5. The molecule has 2 N–H and O–H groups in total. The van der Waals surface area contributed by atoms with Crippen molar-refractivity contribution in [3.63, 3.8) is 0 Å². The fourth-order valence-corrected chi connectivity index (χ4v) is 2.74. The number of nitrogens with one attached hydrogen (secondary N) is 1. The first-order valence-electron chi connectivity index (χ1n) is 7.24. The summed E-state index contributed by atoms with van der Waals surface area (Å²) in [6, 6.07) is 7.30. The first-order chi connectivity index (χ1) is 9.94. The second kappa shape index (κ2) is 6.26. The summed E-state index contributed by atoms with van der Waals surface area (Å²) in [5.41, 5.74) is 0.841. The van der Waals surface area contributed by atoms with E-state index in [2.05, 4.69) is 5.32 Å². The number of aliphatic carboxylic acids is 1. The largest absolute Gasteiger partial charge is 0.480 e. The molecule has 1 aromatic carbocycles. The predicted molar refractivity (Wildman–Crippen MR) is 80.1 cm³/mol. The van der Waals surface area contributed by atoms with E-state index in [0.717, 1.165) is 18.4 Å². The van der Waals surface area contributed by atoms with Crippen molar-refractivity contribution in [3.8, 4) is 0 Å². The zero-order valence-electron chi connectivity index (χ0n) is 12.6. The van der Waals surface area contributed by atoms with E-state index in [1.165, 1.54) is 4.90 Å². The Morgan fingerprint density at radius 2 is 1.76 bits per heavy atom. The summed E-state index contributed by atoms with van der Waals surface area (Å²) in [6.45, 7) is 0.503. The van der Waals surface area contributed by atoms with Crippen LogP contribution in [-0.4, -0.2) is 41.5 Å². The van der Waals surface area contributed by atoms with Gasteiger partial charge in [0, 0.05) is 26.2 Å². The molecule has 5 nitrogen and oxygen atoms in total. The lowest BCUT2D eigenvalue weighted by atomic mass is 9.97. The summed E-state index contributed by atoms with van der Waals surface area (Å²) in [7, 11) is 3.43. The van der Waals surface area contributed by atoms with Crippen LogP contribution in [0.15, 0.2) is 24.3 Å². The van der Waals surface area contributed by atoms with Crippen LogP contribution in [0.3, 0.4) is 0 Å². The van der Waals surface area contributed by atoms with Gasteiger partial charge in [-0.05, 0) is 30.5 Å². The standard InChI is InChI=1S/C16H22N2O3/c1-18(2)14(19)13-7-5-12(6-8-13)11-17-16(15(20)21)9-3-4-10-16/h5-8,17H,3-4,9-11H2,1-2H3,(H,20,21). The summed E-state index contributed by atoms with van der Waals surface area (Å²) < 4.78 is 0. The molecule has 1 aliphatic rings. The topological polar surface area (TPSA) is 69.6 Å². The third kappa shape index (κ3) is 3.42. The van der Waals surface area contributed by atoms with Gasteiger partial charge in [-0.25, -0.2) is 0 Å². The number of benzene rings is 1. The molecule has 1 amide bonds. The van der Waals surface area contributed by atoms with Gasteiger partial charge in [0.15, 0.2) is 0 Å². The summed E-state index contributed by atoms with van der Waals surface area (Å²) in [5, 5.41) is 12.6. The quantitative estimate of drug-likeness (QED) is 0.868. The fourth-order valence-electron chi connectivity index (χ4n) is 2.74. The molecule has 21 heavy (non-hydrogen) atoms. The SMILES string of the molecule is CN(C)C(=O)c1ccc(CNC2(C(=O)O)CCCC2)cc1. The third-order valence-corrected chi connectivity index (χ3v) is 4.10. The smallest absolute Gasteiger partial charge is 0.323 e. The Hall–Kier alpha value is -1.88. The van der Waals surface area contributed by atoms with Gasteiger partial charge in [0.2, 0.25) is 0 Å². The first-order valence-corrected chi connectivity index (χ1v) is 7.24. The summed E-state index contributed by atoms with van der Waals surface area (Å²) >= 11 is 0. The summed E-state index contributed by atoms with van der Waals surface area (Å²) in [6.07, 6.45) is 3.27. The second-order valence-corrected chi connectivity index (χ2v) is 5.84. The fraction of sp³-hybridized carbons (Fsp3) is 0.500. The summed E-state index contributed by atoms with van der Waals surface area (Å²) in [4.78, 5) is 24.8. The molecule has 5 heteroatoms. The van der Waals surface area contributed by atoms with Crippen molar-refractivity contribution in [2.24, 2.45) is 0 Å². The Morgan fingerprint density at radius 3 is 2.24 bits per heavy atom. The van der Waals surface area contributed by atoms with Crippen molar-refractivity contribution < 1.29 is 14.7 Å². The molecule has 0 atom stereocenters. The molecule has 0 bridgehead atoms. The highest BCUT2D eigenvalue weighted by molar-refractivity contribution is 5.93. The number of carboxylic acids is 1. The van der Waals surface area contributed by atoms with Gasteiger partial charge in [0.1, 0.15) is 5.54 Å². The molecule has 0 unspecified atom stereocenters. The van der Waals surface area contributed by atoms with E-state index in [0.29, 0.717) is 24.9 Å². The van der Waals surface area contributed by atoms with Crippen LogP contribution < -0.4 is 5.32 Å². The van der Waals surface area contributed by atoms with E-state index in [-0.39, 0.29) is 5.91 Å². The minimum atomic E-state index is -0.780. The maximum absolute atomic E-state index is 11.8. The molecule has 2 rings (SSSR count). The Labute approximate surface area is 125 Å². The molecule has 1 fully saturated rings. The molecule has 1 saturated carbocycles. The molecule has 0 aromatic heterocycles. The minimum absolute atomic E-state index is 0.0349. The lowest BCUT2D eigenvalue weighted by Crippen LogP contribution is -2.49. The molecule has 114 valence electrons. The minimum Gasteiger partial charge on any atom is -0.480 e. The van der Waals surface area contributed by atoms with Crippen LogP contribution in [0.5, 0.6) is 0 Å². The lowest BCUT2D eigenvalue weighted by Gasteiger charge is -2.25. The van der Waals surface area contributed by atoms with Gasteiger partial charge in [0.05, 0.1) is 0 Å². The Balaban J connectivity index is 2.00. The zero-order valence-corrected chi connectivity index (χ0v) is 12.6. The van der Waals surface area contributed by atoms with E-state index >= 15 is 0 Å². The van der Waals surface area contributed by atoms with Crippen molar-refractivity contribution in [1.29, 1.82) is 0 Å². The Morgan fingerprint density at radius 1 is 1.19 bits per heavy atom. The molecule has 1 aromatic rings. The number of carboxylic acid groups (broad SMARTS) is 1. The summed E-state index contributed by atoms with van der Waals surface area (Å²) in [5.74, 6) is -0.799. The van der Waals surface area contributed by atoms with Gasteiger partial charge in [-0.15, -0.1) is 0 Å². The Bertz CT molecular complexity index is 517. The molecular weight excluding hydrogens is 268 g/mol. The number of amides is 1. The second-order valence-electron chi connectivity index (χ2n) is 5.84. The number of carbonyl (C=O) groups is 2. The van der Waals surface area contributed by atoms with Gasteiger partial charge in [-0.3, -0.25) is 14.9 Å². The molecule has 1 aliphatic carbocycles. The molecule has 0 saturated heterocycles. The lowest BCUT2D eigenvalue weighted by molar-refractivity contribution is -0.144.